The molecule has 0 aliphatic carbocycles. The van der Waals surface area contributed by atoms with Crippen LogP contribution < -0.4 is 0 Å². The highest BCUT2D eigenvalue weighted by molar-refractivity contribution is 5.98. The van der Waals surface area contributed by atoms with E-state index in [1.165, 1.54) is 16.8 Å². The molecule has 2 aromatic heterocycles. The molecule has 0 aromatic carbocycles. The van der Waals surface area contributed by atoms with Gasteiger partial charge in [0.2, 0.25) is 0 Å². The molecule has 90 valence electrons. The molecule has 2 heterocycles. The fraction of sp³-hybridized carbons (Fsp3) is 0.200. The van der Waals surface area contributed by atoms with Crippen molar-refractivity contribution in [1.82, 2.24) is 9.61 Å². The summed E-state index contributed by atoms with van der Waals surface area (Å²) in [5.41, 5.74) is -0.155. The van der Waals surface area contributed by atoms with Gasteiger partial charge in [-0.3, -0.25) is 0 Å². The predicted octanol–water partition coefficient (Wildman–Crippen LogP) is -0.492. The molecular weight excluding hydrogens is 228 g/mol. The molecule has 0 bridgehead atoms. The Morgan fingerprint density at radius 2 is 2.18 bits per heavy atom. The van der Waals surface area contributed by atoms with Crippen molar-refractivity contribution in [2.45, 2.75) is 12.9 Å². The summed E-state index contributed by atoms with van der Waals surface area (Å²) in [6, 6.07) is 3.11. The number of nitrogens with zero attached hydrogens (tertiary/aromatic N) is 2. The first-order valence-electron chi connectivity index (χ1n) is 4.76. The van der Waals surface area contributed by atoms with Gasteiger partial charge in [0.25, 0.3) is 0 Å². The number of pyridine rings is 1. The number of carbonyl (C=O) groups is 1. The highest BCUT2D eigenvalue weighted by Gasteiger charge is 2.24. The largest absolute Gasteiger partial charge is 0.478 e. The smallest absolute Gasteiger partial charge is 0.340 e. The van der Waals surface area contributed by atoms with E-state index in [0.29, 0.717) is 5.56 Å². The molecule has 0 radical (unpaired) electrons. The first kappa shape index (κ1) is 11.5. The number of hydrogen-bond acceptors (Lipinski definition) is 5. The van der Waals surface area contributed by atoms with Gasteiger partial charge in [-0.2, -0.15) is 5.10 Å². The maximum atomic E-state index is 11.1. The van der Waals surface area contributed by atoms with Gasteiger partial charge in [-0.15, -0.1) is 0 Å². The van der Waals surface area contributed by atoms with E-state index in [1.54, 1.807) is 6.07 Å². The molecular formula is C10H10N2O5. The first-order valence-corrected chi connectivity index (χ1v) is 4.76. The average Bonchev–Trinajstić information content (AvgIpc) is 2.67. The van der Waals surface area contributed by atoms with Crippen LogP contribution in [0, 0.1) is 0 Å². The lowest BCUT2D eigenvalue weighted by Crippen LogP contribution is -2.05. The summed E-state index contributed by atoms with van der Waals surface area (Å²) in [6.07, 6.45) is -0.514. The van der Waals surface area contributed by atoms with Crippen LogP contribution in [0.3, 0.4) is 0 Å². The number of aromatic carboxylic acids is 1. The maximum Gasteiger partial charge on any atom is 0.340 e. The van der Waals surface area contributed by atoms with E-state index in [1.807, 2.05) is 0 Å². The van der Waals surface area contributed by atoms with Gasteiger partial charge in [0.05, 0.1) is 12.1 Å². The van der Waals surface area contributed by atoms with Gasteiger partial charge in [-0.1, -0.05) is 6.07 Å². The Labute approximate surface area is 95.2 Å². The van der Waals surface area contributed by atoms with E-state index in [4.69, 9.17) is 20.4 Å². The van der Waals surface area contributed by atoms with Gasteiger partial charge in [0, 0.05) is 11.8 Å². The summed E-state index contributed by atoms with van der Waals surface area (Å²) in [7, 11) is 0. The quantitative estimate of drug-likeness (QED) is 0.536. The van der Waals surface area contributed by atoms with Crippen molar-refractivity contribution in [3.63, 3.8) is 0 Å². The van der Waals surface area contributed by atoms with Crippen LogP contribution in [0.2, 0.25) is 0 Å². The standard InChI is InChI=1S/C10H10N2O5/c13-4-5-2-1-3-12-8(5)6(9(14)15)7(11-12)10(16)17/h1-3,10,13,16-17H,4H2,(H,14,15). The van der Waals surface area contributed by atoms with E-state index in [-0.39, 0.29) is 23.4 Å². The van der Waals surface area contributed by atoms with E-state index < -0.39 is 12.3 Å². The molecule has 0 fully saturated rings. The number of hydrogen-bond donors (Lipinski definition) is 4. The zero-order chi connectivity index (χ0) is 12.6. The Hall–Kier alpha value is -1.96. The monoisotopic (exact) mass is 238 g/mol. The van der Waals surface area contributed by atoms with Gasteiger partial charge in [-0.05, 0) is 6.07 Å². The molecule has 0 saturated heterocycles. The maximum absolute atomic E-state index is 11.1. The zero-order valence-electron chi connectivity index (χ0n) is 8.61. The number of aromatic nitrogens is 2. The second-order valence-corrected chi connectivity index (χ2v) is 3.42. The summed E-state index contributed by atoms with van der Waals surface area (Å²) in [4.78, 5) is 11.1. The summed E-state index contributed by atoms with van der Waals surface area (Å²) in [6.45, 7) is -0.364. The molecule has 2 aromatic rings. The zero-order valence-corrected chi connectivity index (χ0v) is 8.61. The van der Waals surface area contributed by atoms with E-state index >= 15 is 0 Å². The Balaban J connectivity index is 2.86. The summed E-state index contributed by atoms with van der Waals surface area (Å²) < 4.78 is 1.20. The third kappa shape index (κ3) is 1.76. The molecule has 0 aliphatic heterocycles. The van der Waals surface area contributed by atoms with Gasteiger partial charge in [0.1, 0.15) is 11.3 Å². The molecule has 0 aliphatic rings. The predicted molar refractivity (Wildman–Crippen MR) is 55.3 cm³/mol. The average molecular weight is 238 g/mol. The number of aliphatic hydroxyl groups is 3. The minimum absolute atomic E-state index is 0.158. The molecule has 0 spiro atoms. The number of aliphatic hydroxyl groups excluding tert-OH is 2. The minimum Gasteiger partial charge on any atom is -0.478 e. The second kappa shape index (κ2) is 4.13. The highest BCUT2D eigenvalue weighted by atomic mass is 16.5. The molecule has 4 N–H and O–H groups in total. The van der Waals surface area contributed by atoms with E-state index in [2.05, 4.69) is 5.10 Å². The Bertz CT molecular complexity index is 575. The van der Waals surface area contributed by atoms with Crippen LogP contribution in [-0.2, 0) is 6.61 Å². The van der Waals surface area contributed by atoms with Crippen LogP contribution in [0.5, 0.6) is 0 Å². The molecule has 0 unspecified atom stereocenters. The third-order valence-electron chi connectivity index (χ3n) is 2.40. The lowest BCUT2D eigenvalue weighted by molar-refractivity contribution is -0.0467. The van der Waals surface area contributed by atoms with Crippen molar-refractivity contribution in [2.24, 2.45) is 0 Å². The van der Waals surface area contributed by atoms with Crippen LogP contribution in [0.1, 0.15) is 27.9 Å². The fourth-order valence-electron chi connectivity index (χ4n) is 1.71. The topological polar surface area (TPSA) is 115 Å². The van der Waals surface area contributed by atoms with Crippen molar-refractivity contribution < 1.29 is 25.2 Å². The first-order chi connectivity index (χ1) is 8.06. The van der Waals surface area contributed by atoms with Crippen molar-refractivity contribution in [3.05, 3.63) is 35.2 Å². The summed E-state index contributed by atoms with van der Waals surface area (Å²) in [5, 5.41) is 40.1. The Morgan fingerprint density at radius 3 is 2.71 bits per heavy atom. The lowest BCUT2D eigenvalue weighted by atomic mass is 10.1. The third-order valence-corrected chi connectivity index (χ3v) is 2.40. The second-order valence-electron chi connectivity index (χ2n) is 3.42. The van der Waals surface area contributed by atoms with Crippen LogP contribution in [0.25, 0.3) is 5.52 Å². The fourth-order valence-corrected chi connectivity index (χ4v) is 1.71. The molecule has 2 rings (SSSR count). The Kier molecular flexibility index (Phi) is 2.80. The van der Waals surface area contributed by atoms with Gasteiger partial charge in [0.15, 0.2) is 6.29 Å². The number of carboxylic acids is 1. The molecule has 7 heteroatoms. The number of fused-ring (bicyclic) bond motifs is 1. The van der Waals surface area contributed by atoms with Crippen molar-refractivity contribution >= 4 is 11.5 Å². The van der Waals surface area contributed by atoms with E-state index in [0.717, 1.165) is 0 Å². The lowest BCUT2D eigenvalue weighted by Gasteiger charge is -2.01. The van der Waals surface area contributed by atoms with Crippen molar-refractivity contribution in [3.8, 4) is 0 Å². The van der Waals surface area contributed by atoms with Gasteiger partial charge in [-0.25, -0.2) is 9.31 Å². The van der Waals surface area contributed by atoms with Crippen molar-refractivity contribution in [2.75, 3.05) is 0 Å². The van der Waals surface area contributed by atoms with Crippen LogP contribution in [-0.4, -0.2) is 36.0 Å². The summed E-state index contributed by atoms with van der Waals surface area (Å²) >= 11 is 0. The minimum atomic E-state index is -1.98. The summed E-state index contributed by atoms with van der Waals surface area (Å²) in [5.74, 6) is -1.33. The molecule has 0 atom stereocenters. The van der Waals surface area contributed by atoms with Gasteiger partial charge < -0.3 is 20.4 Å². The molecule has 7 nitrogen and oxygen atoms in total. The van der Waals surface area contributed by atoms with Crippen molar-refractivity contribution in [1.29, 1.82) is 0 Å². The number of rotatable bonds is 3. The van der Waals surface area contributed by atoms with E-state index in [9.17, 15) is 4.79 Å². The van der Waals surface area contributed by atoms with Gasteiger partial charge >= 0.3 is 5.97 Å². The van der Waals surface area contributed by atoms with Crippen LogP contribution in [0.4, 0.5) is 0 Å². The van der Waals surface area contributed by atoms with Crippen LogP contribution in [0.15, 0.2) is 18.3 Å². The number of carboxylic acid groups (broad SMARTS) is 1. The normalized spacial score (nSPS) is 11.3. The highest BCUT2D eigenvalue weighted by Crippen LogP contribution is 2.23. The molecule has 17 heavy (non-hydrogen) atoms. The molecule has 0 saturated carbocycles. The molecule has 0 amide bonds. The van der Waals surface area contributed by atoms with Crippen LogP contribution >= 0.6 is 0 Å². The SMILES string of the molecule is O=C(O)c1c(C(O)O)nn2cccc(CO)c12. The Morgan fingerprint density at radius 1 is 1.47 bits per heavy atom.